The molecular weight excluding hydrogens is 306 g/mol. The Morgan fingerprint density at radius 1 is 1.35 bits per heavy atom. The highest BCUT2D eigenvalue weighted by atomic mass is 16.2. The number of hydrogen-bond donors (Lipinski definition) is 3. The maximum atomic E-state index is 12.1. The molecule has 2 fully saturated rings. The van der Waals surface area contributed by atoms with Gasteiger partial charge in [0.1, 0.15) is 12.1 Å². The molecule has 2 heterocycles. The first-order chi connectivity index (χ1) is 10.8. The number of urea groups is 1. The van der Waals surface area contributed by atoms with Crippen LogP contribution in [-0.2, 0) is 19.2 Å². The third-order valence-corrected chi connectivity index (χ3v) is 3.99. The molecule has 6 amide bonds. The highest BCUT2D eigenvalue weighted by Gasteiger charge is 2.35. The average molecular weight is 325 g/mol. The first-order valence-corrected chi connectivity index (χ1v) is 7.24. The van der Waals surface area contributed by atoms with Crippen molar-refractivity contribution in [2.24, 2.45) is 5.73 Å². The highest BCUT2D eigenvalue weighted by Crippen LogP contribution is 2.16. The van der Waals surface area contributed by atoms with E-state index in [1.54, 1.807) is 0 Å². The lowest BCUT2D eigenvalue weighted by molar-refractivity contribution is -0.138. The second-order valence-corrected chi connectivity index (χ2v) is 5.52. The summed E-state index contributed by atoms with van der Waals surface area (Å²) in [4.78, 5) is 60.5. The zero-order valence-electron chi connectivity index (χ0n) is 12.7. The third kappa shape index (κ3) is 3.58. The minimum atomic E-state index is -1.01. The minimum Gasteiger partial charge on any atom is -0.368 e. The number of likely N-dealkylation sites (tertiary alicyclic amines) is 1. The summed E-state index contributed by atoms with van der Waals surface area (Å²) >= 11 is 0. The number of rotatable bonds is 4. The zero-order valence-corrected chi connectivity index (χ0v) is 12.7. The molecule has 126 valence electrons. The highest BCUT2D eigenvalue weighted by molar-refractivity contribution is 6.02. The number of nitrogens with one attached hydrogen (secondary N) is 2. The number of imide groups is 1. The fourth-order valence-corrected chi connectivity index (χ4v) is 2.63. The van der Waals surface area contributed by atoms with Crippen molar-refractivity contribution in [2.45, 2.75) is 31.3 Å². The monoisotopic (exact) mass is 325 g/mol. The predicted octanol–water partition coefficient (Wildman–Crippen LogP) is -2.48. The predicted molar refractivity (Wildman–Crippen MR) is 76.6 cm³/mol. The van der Waals surface area contributed by atoms with Gasteiger partial charge in [-0.2, -0.15) is 0 Å². The maximum Gasteiger partial charge on any atom is 0.324 e. The second-order valence-electron chi connectivity index (χ2n) is 5.52. The molecule has 0 aromatic rings. The smallest absolute Gasteiger partial charge is 0.324 e. The van der Waals surface area contributed by atoms with Crippen molar-refractivity contribution in [3.8, 4) is 0 Å². The molecule has 4 N–H and O–H groups in total. The Bertz CT molecular complexity index is 545. The van der Waals surface area contributed by atoms with Crippen molar-refractivity contribution in [2.75, 3.05) is 20.1 Å². The summed E-state index contributed by atoms with van der Waals surface area (Å²) < 4.78 is 0. The van der Waals surface area contributed by atoms with E-state index in [-0.39, 0.29) is 13.0 Å². The van der Waals surface area contributed by atoms with Crippen molar-refractivity contribution in [3.63, 3.8) is 0 Å². The van der Waals surface area contributed by atoms with Gasteiger partial charge in [0.2, 0.25) is 23.6 Å². The molecule has 0 bridgehead atoms. The third-order valence-electron chi connectivity index (χ3n) is 3.99. The molecule has 0 aliphatic carbocycles. The van der Waals surface area contributed by atoms with Crippen LogP contribution in [0.4, 0.5) is 4.79 Å². The van der Waals surface area contributed by atoms with E-state index in [0.717, 1.165) is 4.90 Å². The fraction of sp³-hybridized carbons (Fsp3) is 0.615. The molecule has 0 unspecified atom stereocenters. The summed E-state index contributed by atoms with van der Waals surface area (Å²) in [5.74, 6) is -2.10. The van der Waals surface area contributed by atoms with Crippen molar-refractivity contribution in [3.05, 3.63) is 0 Å². The Balaban J connectivity index is 1.87. The van der Waals surface area contributed by atoms with E-state index < -0.39 is 41.7 Å². The Kier molecular flexibility index (Phi) is 4.82. The minimum absolute atomic E-state index is 0.171. The van der Waals surface area contributed by atoms with Gasteiger partial charge in [-0.1, -0.05) is 0 Å². The number of nitrogens with zero attached hydrogens (tertiary/aromatic N) is 2. The standard InChI is InChI=1S/C13H19N5O5/c1-17-9(19)5-7(16-13(17)23)12(22)15-6-10(20)18-4-2-3-8(18)11(14)21/h7-8H,2-6H2,1H3,(H2,14,21)(H,15,22)(H,16,23)/t7-,8-/m0/s1. The van der Waals surface area contributed by atoms with Gasteiger partial charge in [0.05, 0.1) is 13.0 Å². The van der Waals surface area contributed by atoms with Crippen LogP contribution in [0.3, 0.4) is 0 Å². The van der Waals surface area contributed by atoms with E-state index in [4.69, 9.17) is 5.73 Å². The Morgan fingerprint density at radius 3 is 2.65 bits per heavy atom. The zero-order chi connectivity index (χ0) is 17.1. The van der Waals surface area contributed by atoms with Crippen LogP contribution < -0.4 is 16.4 Å². The Hall–Kier alpha value is -2.65. The van der Waals surface area contributed by atoms with Gasteiger partial charge in [0.15, 0.2) is 0 Å². The van der Waals surface area contributed by atoms with Crippen LogP contribution in [0.15, 0.2) is 0 Å². The van der Waals surface area contributed by atoms with E-state index >= 15 is 0 Å². The number of hydrogen-bond acceptors (Lipinski definition) is 5. The van der Waals surface area contributed by atoms with Gasteiger partial charge in [-0.3, -0.25) is 24.1 Å². The van der Waals surface area contributed by atoms with Gasteiger partial charge >= 0.3 is 6.03 Å². The first kappa shape index (κ1) is 16.7. The molecule has 0 aromatic heterocycles. The van der Waals surface area contributed by atoms with Crippen LogP contribution in [0.2, 0.25) is 0 Å². The van der Waals surface area contributed by atoms with E-state index in [1.807, 2.05) is 0 Å². The lowest BCUT2D eigenvalue weighted by Crippen LogP contribution is -2.58. The molecule has 2 atom stereocenters. The Morgan fingerprint density at radius 2 is 2.04 bits per heavy atom. The molecule has 2 aliphatic rings. The quantitative estimate of drug-likeness (QED) is 0.524. The Labute approximate surface area is 132 Å². The lowest BCUT2D eigenvalue weighted by Gasteiger charge is -2.28. The van der Waals surface area contributed by atoms with E-state index in [1.165, 1.54) is 11.9 Å². The number of carbonyl (C=O) groups excluding carboxylic acids is 5. The summed E-state index contributed by atoms with van der Waals surface area (Å²) in [6.07, 6.45) is 1.01. The van der Waals surface area contributed by atoms with Crippen LogP contribution in [-0.4, -0.2) is 71.7 Å². The number of amides is 6. The van der Waals surface area contributed by atoms with E-state index in [2.05, 4.69) is 10.6 Å². The molecule has 10 heteroatoms. The second kappa shape index (κ2) is 6.63. The van der Waals surface area contributed by atoms with Gasteiger partial charge < -0.3 is 21.3 Å². The van der Waals surface area contributed by atoms with Crippen LogP contribution >= 0.6 is 0 Å². The molecule has 10 nitrogen and oxygen atoms in total. The first-order valence-electron chi connectivity index (χ1n) is 7.24. The summed E-state index contributed by atoms with van der Waals surface area (Å²) in [5.41, 5.74) is 5.23. The summed E-state index contributed by atoms with van der Waals surface area (Å²) in [6, 6.07) is -2.32. The largest absolute Gasteiger partial charge is 0.368 e. The van der Waals surface area contributed by atoms with Gasteiger partial charge in [0, 0.05) is 13.6 Å². The van der Waals surface area contributed by atoms with Gasteiger partial charge in [-0.15, -0.1) is 0 Å². The molecule has 0 radical (unpaired) electrons. The molecule has 0 spiro atoms. The fourth-order valence-electron chi connectivity index (χ4n) is 2.63. The van der Waals surface area contributed by atoms with Crippen LogP contribution in [0.25, 0.3) is 0 Å². The summed E-state index contributed by atoms with van der Waals surface area (Å²) in [5, 5.41) is 4.75. The lowest BCUT2D eigenvalue weighted by atomic mass is 10.1. The average Bonchev–Trinajstić information content (AvgIpc) is 2.99. The maximum absolute atomic E-state index is 12.1. The molecule has 2 aliphatic heterocycles. The van der Waals surface area contributed by atoms with Crippen molar-refractivity contribution in [1.29, 1.82) is 0 Å². The molecule has 23 heavy (non-hydrogen) atoms. The van der Waals surface area contributed by atoms with Crippen molar-refractivity contribution >= 4 is 29.7 Å². The molecule has 2 rings (SSSR count). The van der Waals surface area contributed by atoms with Crippen LogP contribution in [0.5, 0.6) is 0 Å². The number of nitrogens with two attached hydrogens (primary N) is 1. The van der Waals surface area contributed by atoms with Gasteiger partial charge in [-0.05, 0) is 12.8 Å². The molecular formula is C13H19N5O5. The normalized spacial score (nSPS) is 24.4. The van der Waals surface area contributed by atoms with E-state index in [9.17, 15) is 24.0 Å². The van der Waals surface area contributed by atoms with Crippen LogP contribution in [0.1, 0.15) is 19.3 Å². The number of primary amides is 1. The van der Waals surface area contributed by atoms with E-state index in [0.29, 0.717) is 19.4 Å². The van der Waals surface area contributed by atoms with Gasteiger partial charge in [-0.25, -0.2) is 4.79 Å². The summed E-state index contributed by atoms with van der Waals surface area (Å²) in [6.45, 7) is 0.0881. The molecule has 2 saturated heterocycles. The van der Waals surface area contributed by atoms with Gasteiger partial charge in [0.25, 0.3) is 0 Å². The van der Waals surface area contributed by atoms with Crippen LogP contribution in [0, 0.1) is 0 Å². The van der Waals surface area contributed by atoms with Crippen molar-refractivity contribution in [1.82, 2.24) is 20.4 Å². The molecule has 0 aromatic carbocycles. The summed E-state index contributed by atoms with van der Waals surface area (Å²) in [7, 11) is 1.31. The number of carbonyl (C=O) groups is 5. The molecule has 0 saturated carbocycles. The SMILES string of the molecule is CN1C(=O)C[C@@H](C(=O)NCC(=O)N2CCC[C@H]2C(N)=O)NC1=O. The van der Waals surface area contributed by atoms with Crippen molar-refractivity contribution < 1.29 is 24.0 Å². The topological polar surface area (TPSA) is 142 Å².